The number of ketones is 1. The third-order valence-electron chi connectivity index (χ3n) is 2.86. The quantitative estimate of drug-likeness (QED) is 0.849. The molecule has 1 aromatic rings. The van der Waals surface area contributed by atoms with E-state index in [1.165, 1.54) is 6.92 Å². The molecule has 0 radical (unpaired) electrons. The summed E-state index contributed by atoms with van der Waals surface area (Å²) in [6.07, 6.45) is 1.43. The Morgan fingerprint density at radius 2 is 2.00 bits per heavy atom. The molecule has 19 heavy (non-hydrogen) atoms. The summed E-state index contributed by atoms with van der Waals surface area (Å²) in [6.45, 7) is 2.23. The monoisotopic (exact) mass is 263 g/mol. The summed E-state index contributed by atoms with van der Waals surface area (Å²) in [6, 6.07) is 5.58. The van der Waals surface area contributed by atoms with Gasteiger partial charge in [-0.15, -0.1) is 0 Å². The fourth-order valence-corrected chi connectivity index (χ4v) is 1.84. The zero-order chi connectivity index (χ0) is 13.7. The van der Waals surface area contributed by atoms with Gasteiger partial charge in [0.2, 0.25) is 12.7 Å². The number of Topliss-reactive ketones (excluding diaryl/α,β-unsaturated/α-hetero) is 1. The van der Waals surface area contributed by atoms with Gasteiger partial charge in [0.15, 0.2) is 11.5 Å². The lowest BCUT2D eigenvalue weighted by molar-refractivity contribution is -0.121. The minimum Gasteiger partial charge on any atom is -0.454 e. The number of hydrogen-bond donors (Lipinski definition) is 1. The van der Waals surface area contributed by atoms with Crippen molar-refractivity contribution in [3.05, 3.63) is 23.8 Å². The van der Waals surface area contributed by atoms with Crippen molar-refractivity contribution in [2.75, 3.05) is 6.79 Å². The van der Waals surface area contributed by atoms with Crippen LogP contribution in [0.4, 0.5) is 0 Å². The molecule has 0 saturated carbocycles. The van der Waals surface area contributed by atoms with E-state index in [2.05, 4.69) is 5.32 Å². The van der Waals surface area contributed by atoms with E-state index in [4.69, 9.17) is 9.47 Å². The number of carbonyl (C=O) groups excluding carboxylic acids is 2. The van der Waals surface area contributed by atoms with Gasteiger partial charge in [-0.05, 0) is 31.0 Å². The van der Waals surface area contributed by atoms with Crippen LogP contribution in [0.2, 0.25) is 0 Å². The zero-order valence-electron chi connectivity index (χ0n) is 10.9. The first-order valence-electron chi connectivity index (χ1n) is 6.30. The molecule has 0 aromatic heterocycles. The highest BCUT2D eigenvalue weighted by Gasteiger charge is 2.13. The molecule has 0 spiro atoms. The van der Waals surface area contributed by atoms with E-state index in [1.54, 1.807) is 0 Å². The Bertz CT molecular complexity index is 484. The van der Waals surface area contributed by atoms with Crippen LogP contribution in [0.3, 0.4) is 0 Å². The number of carbonyl (C=O) groups is 2. The SMILES string of the molecule is CC(=O)CCCC(=O)NCc1ccc2c(c1)OCO2. The van der Waals surface area contributed by atoms with Crippen LogP contribution in [0.5, 0.6) is 11.5 Å². The number of amides is 1. The van der Waals surface area contributed by atoms with Crippen molar-refractivity contribution in [2.45, 2.75) is 32.7 Å². The molecule has 1 aliphatic heterocycles. The second-order valence-corrected chi connectivity index (χ2v) is 4.52. The second-order valence-electron chi connectivity index (χ2n) is 4.52. The highest BCUT2D eigenvalue weighted by molar-refractivity contribution is 5.78. The van der Waals surface area contributed by atoms with E-state index < -0.39 is 0 Å². The van der Waals surface area contributed by atoms with Gasteiger partial charge in [0, 0.05) is 19.4 Å². The summed E-state index contributed by atoms with van der Waals surface area (Å²) >= 11 is 0. The Balaban J connectivity index is 1.76. The molecule has 0 fully saturated rings. The van der Waals surface area contributed by atoms with E-state index >= 15 is 0 Å². The van der Waals surface area contributed by atoms with Gasteiger partial charge in [0.05, 0.1) is 0 Å². The first-order valence-corrected chi connectivity index (χ1v) is 6.30. The van der Waals surface area contributed by atoms with Gasteiger partial charge in [-0.25, -0.2) is 0 Å². The van der Waals surface area contributed by atoms with Crippen LogP contribution in [-0.4, -0.2) is 18.5 Å². The van der Waals surface area contributed by atoms with Gasteiger partial charge < -0.3 is 19.6 Å². The predicted octanol–water partition coefficient (Wildman–Crippen LogP) is 1.79. The molecule has 1 aromatic carbocycles. The van der Waals surface area contributed by atoms with Crippen molar-refractivity contribution in [1.29, 1.82) is 0 Å². The van der Waals surface area contributed by atoms with Crippen LogP contribution in [-0.2, 0) is 16.1 Å². The summed E-state index contributed by atoms with van der Waals surface area (Å²) in [5.41, 5.74) is 0.962. The topological polar surface area (TPSA) is 64.6 Å². The second kappa shape index (κ2) is 6.22. The number of fused-ring (bicyclic) bond motifs is 1. The smallest absolute Gasteiger partial charge is 0.231 e. The van der Waals surface area contributed by atoms with Crippen molar-refractivity contribution in [3.63, 3.8) is 0 Å². The average molecular weight is 263 g/mol. The van der Waals surface area contributed by atoms with Gasteiger partial charge in [-0.2, -0.15) is 0 Å². The molecule has 1 aliphatic rings. The van der Waals surface area contributed by atoms with E-state index in [-0.39, 0.29) is 18.5 Å². The molecule has 0 unspecified atom stereocenters. The van der Waals surface area contributed by atoms with Gasteiger partial charge in [0.1, 0.15) is 5.78 Å². The Morgan fingerprint density at radius 1 is 1.21 bits per heavy atom. The average Bonchev–Trinajstić information content (AvgIpc) is 2.83. The van der Waals surface area contributed by atoms with Crippen molar-refractivity contribution < 1.29 is 19.1 Å². The summed E-state index contributed by atoms with van der Waals surface area (Å²) in [7, 11) is 0. The third-order valence-corrected chi connectivity index (χ3v) is 2.86. The van der Waals surface area contributed by atoms with E-state index in [0.717, 1.165) is 11.3 Å². The van der Waals surface area contributed by atoms with Crippen molar-refractivity contribution >= 4 is 11.7 Å². The number of nitrogens with one attached hydrogen (secondary N) is 1. The summed E-state index contributed by atoms with van der Waals surface area (Å²) in [5, 5.41) is 2.82. The Morgan fingerprint density at radius 3 is 2.79 bits per heavy atom. The third kappa shape index (κ3) is 3.98. The standard InChI is InChI=1S/C14H17NO4/c1-10(16)3-2-4-14(17)15-8-11-5-6-12-13(7-11)19-9-18-12/h5-7H,2-4,8-9H2,1H3,(H,15,17). The lowest BCUT2D eigenvalue weighted by Crippen LogP contribution is -2.22. The number of ether oxygens (including phenoxy) is 2. The van der Waals surface area contributed by atoms with Gasteiger partial charge in [-0.3, -0.25) is 4.79 Å². The van der Waals surface area contributed by atoms with E-state index in [0.29, 0.717) is 31.6 Å². The zero-order valence-corrected chi connectivity index (χ0v) is 10.9. The maximum atomic E-state index is 11.6. The van der Waals surface area contributed by atoms with Gasteiger partial charge >= 0.3 is 0 Å². The molecule has 5 nitrogen and oxygen atoms in total. The molecule has 1 amide bonds. The molecule has 0 aliphatic carbocycles. The number of benzene rings is 1. The van der Waals surface area contributed by atoms with Crippen LogP contribution >= 0.6 is 0 Å². The maximum absolute atomic E-state index is 11.6. The molecule has 102 valence electrons. The minimum absolute atomic E-state index is 0.0427. The number of hydrogen-bond acceptors (Lipinski definition) is 4. The van der Waals surface area contributed by atoms with Gasteiger partial charge in [0.25, 0.3) is 0 Å². The molecule has 0 atom stereocenters. The first-order chi connectivity index (χ1) is 9.15. The summed E-state index contributed by atoms with van der Waals surface area (Å²) in [5.74, 6) is 1.52. The largest absolute Gasteiger partial charge is 0.454 e. The van der Waals surface area contributed by atoms with Crippen molar-refractivity contribution in [1.82, 2.24) is 5.32 Å². The molecule has 5 heteroatoms. The molecule has 1 heterocycles. The fourth-order valence-electron chi connectivity index (χ4n) is 1.84. The summed E-state index contributed by atoms with van der Waals surface area (Å²) in [4.78, 5) is 22.3. The minimum atomic E-state index is -0.0427. The van der Waals surface area contributed by atoms with Crippen LogP contribution in [0, 0.1) is 0 Å². The lowest BCUT2D eigenvalue weighted by atomic mass is 10.1. The highest BCUT2D eigenvalue weighted by atomic mass is 16.7. The summed E-state index contributed by atoms with van der Waals surface area (Å²) < 4.78 is 10.5. The van der Waals surface area contributed by atoms with Crippen LogP contribution in [0.15, 0.2) is 18.2 Å². The molecule has 0 bridgehead atoms. The Hall–Kier alpha value is -2.04. The van der Waals surface area contributed by atoms with E-state index in [1.807, 2.05) is 18.2 Å². The highest BCUT2D eigenvalue weighted by Crippen LogP contribution is 2.32. The molecule has 2 rings (SSSR count). The predicted molar refractivity (Wildman–Crippen MR) is 68.9 cm³/mol. The lowest BCUT2D eigenvalue weighted by Gasteiger charge is -2.06. The number of rotatable bonds is 6. The molecule has 1 N–H and O–H groups in total. The Labute approximate surface area is 111 Å². The fraction of sp³-hybridized carbons (Fsp3) is 0.429. The molecule has 0 saturated heterocycles. The van der Waals surface area contributed by atoms with Crippen LogP contribution in [0.1, 0.15) is 31.7 Å². The van der Waals surface area contributed by atoms with Crippen molar-refractivity contribution in [3.8, 4) is 11.5 Å². The van der Waals surface area contributed by atoms with Crippen molar-refractivity contribution in [2.24, 2.45) is 0 Å². The molecular formula is C14H17NO4. The van der Waals surface area contributed by atoms with Crippen LogP contribution < -0.4 is 14.8 Å². The van der Waals surface area contributed by atoms with Gasteiger partial charge in [-0.1, -0.05) is 6.07 Å². The molecular weight excluding hydrogens is 246 g/mol. The maximum Gasteiger partial charge on any atom is 0.231 e. The normalized spacial score (nSPS) is 12.3. The van der Waals surface area contributed by atoms with Crippen LogP contribution in [0.25, 0.3) is 0 Å². The first kappa shape index (κ1) is 13.4. The van der Waals surface area contributed by atoms with E-state index in [9.17, 15) is 9.59 Å². The Kier molecular flexibility index (Phi) is 4.39.